The molecule has 7 heteroatoms. The standard InChI is InChI=1S/C33H37N3O4/c1-32(2,3)29(23-13-8-7-9-14-23)27-20-25(40-21-24-17-16-22-12-10-11-15-28(22)34-24)18-19-26(27)30(37)35-36(31(38)39)33(4,5)6/h7-20,29H,21H2,1-6H3,(H,35,37)(H,38,39). The summed E-state index contributed by atoms with van der Waals surface area (Å²) in [4.78, 5) is 30.3. The summed E-state index contributed by atoms with van der Waals surface area (Å²) in [5.41, 5.74) is 5.37. The maximum Gasteiger partial charge on any atom is 0.426 e. The number of ether oxygens (including phenoxy) is 1. The van der Waals surface area contributed by atoms with Crippen molar-refractivity contribution >= 4 is 22.9 Å². The molecule has 4 rings (SSSR count). The summed E-state index contributed by atoms with van der Waals surface area (Å²) in [6, 6.07) is 27.2. The van der Waals surface area contributed by atoms with Crippen molar-refractivity contribution in [3.8, 4) is 5.75 Å². The van der Waals surface area contributed by atoms with Gasteiger partial charge in [0.15, 0.2) is 0 Å². The minimum Gasteiger partial charge on any atom is -0.487 e. The van der Waals surface area contributed by atoms with Gasteiger partial charge in [0.25, 0.3) is 5.91 Å². The fourth-order valence-corrected chi connectivity index (χ4v) is 4.88. The highest BCUT2D eigenvalue weighted by atomic mass is 16.5. The molecule has 0 aliphatic carbocycles. The molecule has 40 heavy (non-hydrogen) atoms. The van der Waals surface area contributed by atoms with Crippen molar-refractivity contribution < 1.29 is 19.4 Å². The maximum atomic E-state index is 13.6. The molecule has 0 saturated carbocycles. The Morgan fingerprint density at radius 3 is 2.23 bits per heavy atom. The number of hydrogen-bond donors (Lipinski definition) is 2. The molecule has 0 fully saturated rings. The lowest BCUT2D eigenvalue weighted by Gasteiger charge is -2.35. The Bertz CT molecular complexity index is 1500. The van der Waals surface area contributed by atoms with E-state index in [1.165, 1.54) is 0 Å². The number of hydrazine groups is 1. The van der Waals surface area contributed by atoms with Gasteiger partial charge in [-0.15, -0.1) is 0 Å². The minimum atomic E-state index is -1.24. The molecule has 0 saturated heterocycles. The van der Waals surface area contributed by atoms with Crippen molar-refractivity contribution in [3.63, 3.8) is 0 Å². The molecule has 1 aromatic heterocycles. The number of amides is 2. The fraction of sp³-hybridized carbons (Fsp3) is 0.303. The van der Waals surface area contributed by atoms with E-state index >= 15 is 0 Å². The summed E-state index contributed by atoms with van der Waals surface area (Å²) in [6.45, 7) is 11.8. The van der Waals surface area contributed by atoms with Gasteiger partial charge in [-0.05, 0) is 67.6 Å². The molecule has 2 amide bonds. The summed E-state index contributed by atoms with van der Waals surface area (Å²) in [7, 11) is 0. The first kappa shape index (κ1) is 28.6. The van der Waals surface area contributed by atoms with E-state index in [0.29, 0.717) is 11.3 Å². The number of aromatic nitrogens is 1. The van der Waals surface area contributed by atoms with Crippen molar-refractivity contribution in [3.05, 3.63) is 107 Å². The van der Waals surface area contributed by atoms with Gasteiger partial charge < -0.3 is 9.84 Å². The number of rotatable bonds is 6. The first-order valence-corrected chi connectivity index (χ1v) is 13.3. The summed E-state index contributed by atoms with van der Waals surface area (Å²) in [5.74, 6) is -0.0810. The van der Waals surface area contributed by atoms with E-state index < -0.39 is 17.5 Å². The lowest BCUT2D eigenvalue weighted by atomic mass is 9.71. The Morgan fingerprint density at radius 2 is 1.57 bits per heavy atom. The molecular weight excluding hydrogens is 502 g/mol. The van der Waals surface area contributed by atoms with Gasteiger partial charge in [0.05, 0.1) is 16.7 Å². The number of benzene rings is 3. The van der Waals surface area contributed by atoms with Gasteiger partial charge in [0.1, 0.15) is 12.4 Å². The van der Waals surface area contributed by atoms with Crippen LogP contribution in [0.25, 0.3) is 10.9 Å². The summed E-state index contributed by atoms with van der Waals surface area (Å²) in [5, 5.41) is 11.8. The molecule has 1 unspecified atom stereocenters. The zero-order valence-corrected chi connectivity index (χ0v) is 23.9. The van der Waals surface area contributed by atoms with Gasteiger partial charge in [-0.25, -0.2) is 14.8 Å². The summed E-state index contributed by atoms with van der Waals surface area (Å²) >= 11 is 0. The Labute approximate surface area is 235 Å². The van der Waals surface area contributed by atoms with Crippen molar-refractivity contribution in [2.75, 3.05) is 0 Å². The highest BCUT2D eigenvalue weighted by molar-refractivity contribution is 5.97. The second-order valence-electron chi connectivity index (χ2n) is 12.0. The fourth-order valence-electron chi connectivity index (χ4n) is 4.88. The van der Waals surface area contributed by atoms with Gasteiger partial charge in [-0.1, -0.05) is 75.4 Å². The van der Waals surface area contributed by atoms with E-state index in [1.54, 1.807) is 32.9 Å². The molecule has 2 N–H and O–H groups in total. The maximum absolute atomic E-state index is 13.6. The predicted molar refractivity (Wildman–Crippen MR) is 157 cm³/mol. The van der Waals surface area contributed by atoms with E-state index in [2.05, 4.69) is 26.2 Å². The van der Waals surface area contributed by atoms with Gasteiger partial charge in [-0.3, -0.25) is 10.2 Å². The van der Waals surface area contributed by atoms with Crippen LogP contribution < -0.4 is 10.2 Å². The number of fused-ring (bicyclic) bond motifs is 1. The first-order valence-electron chi connectivity index (χ1n) is 13.3. The molecule has 0 radical (unpaired) electrons. The largest absolute Gasteiger partial charge is 0.487 e. The molecule has 208 valence electrons. The van der Waals surface area contributed by atoms with E-state index in [1.807, 2.05) is 72.8 Å². The third-order valence-corrected chi connectivity index (χ3v) is 6.70. The Balaban J connectivity index is 1.74. The van der Waals surface area contributed by atoms with Crippen LogP contribution in [0.3, 0.4) is 0 Å². The molecule has 3 aromatic carbocycles. The molecule has 1 atom stereocenters. The van der Waals surface area contributed by atoms with E-state index in [9.17, 15) is 14.7 Å². The number of pyridine rings is 1. The smallest absolute Gasteiger partial charge is 0.426 e. The van der Waals surface area contributed by atoms with Crippen molar-refractivity contribution in [2.45, 2.75) is 59.6 Å². The number of carboxylic acid groups (broad SMARTS) is 1. The monoisotopic (exact) mass is 539 g/mol. The van der Waals surface area contributed by atoms with Crippen LogP contribution in [-0.2, 0) is 6.61 Å². The van der Waals surface area contributed by atoms with Gasteiger partial charge in [0.2, 0.25) is 0 Å². The van der Waals surface area contributed by atoms with Crippen LogP contribution in [0.15, 0.2) is 84.9 Å². The molecule has 7 nitrogen and oxygen atoms in total. The van der Waals surface area contributed by atoms with Crippen molar-refractivity contribution in [1.82, 2.24) is 15.4 Å². The second kappa shape index (κ2) is 11.4. The topological polar surface area (TPSA) is 91.8 Å². The van der Waals surface area contributed by atoms with Crippen molar-refractivity contribution in [1.29, 1.82) is 0 Å². The van der Waals surface area contributed by atoms with Crippen LogP contribution in [0.5, 0.6) is 5.75 Å². The quantitative estimate of drug-likeness (QED) is 0.249. The molecule has 1 heterocycles. The Morgan fingerprint density at radius 1 is 0.900 bits per heavy atom. The number of nitrogens with zero attached hydrogens (tertiary/aromatic N) is 2. The lowest BCUT2D eigenvalue weighted by molar-refractivity contribution is 0.0496. The molecule has 0 aliphatic rings. The zero-order valence-electron chi connectivity index (χ0n) is 23.9. The highest BCUT2D eigenvalue weighted by Gasteiger charge is 2.34. The van der Waals surface area contributed by atoms with Crippen LogP contribution in [0.1, 0.15) is 74.6 Å². The number of hydrogen-bond acceptors (Lipinski definition) is 4. The average Bonchev–Trinajstić information content (AvgIpc) is 2.89. The van der Waals surface area contributed by atoms with Gasteiger partial charge in [-0.2, -0.15) is 0 Å². The lowest BCUT2D eigenvalue weighted by Crippen LogP contribution is -2.55. The molecule has 4 aromatic rings. The van der Waals surface area contributed by atoms with Crippen LogP contribution in [0, 0.1) is 5.41 Å². The van der Waals surface area contributed by atoms with Crippen LogP contribution in [-0.4, -0.2) is 32.6 Å². The minimum absolute atomic E-state index is 0.176. The number of nitrogens with one attached hydrogen (secondary N) is 1. The van der Waals surface area contributed by atoms with Crippen molar-refractivity contribution in [2.24, 2.45) is 5.41 Å². The average molecular weight is 540 g/mol. The Kier molecular flexibility index (Phi) is 8.14. The van der Waals surface area contributed by atoms with Crippen LogP contribution in [0.4, 0.5) is 4.79 Å². The SMILES string of the molecule is CC(C)(C)C(c1ccccc1)c1cc(OCc2ccc3ccccc3n2)ccc1C(=O)NN(C(=O)O)C(C)(C)C. The zero-order chi connectivity index (χ0) is 29.1. The predicted octanol–water partition coefficient (Wildman–Crippen LogP) is 7.42. The summed E-state index contributed by atoms with van der Waals surface area (Å²) in [6.07, 6.45) is -1.24. The molecule has 0 bridgehead atoms. The third-order valence-electron chi connectivity index (χ3n) is 6.70. The van der Waals surface area contributed by atoms with Gasteiger partial charge in [0, 0.05) is 16.9 Å². The first-order chi connectivity index (χ1) is 18.8. The Hall–Kier alpha value is -4.39. The van der Waals surface area contributed by atoms with E-state index in [-0.39, 0.29) is 17.9 Å². The highest BCUT2D eigenvalue weighted by Crippen LogP contribution is 2.43. The van der Waals surface area contributed by atoms with E-state index in [0.717, 1.165) is 32.7 Å². The third kappa shape index (κ3) is 6.60. The van der Waals surface area contributed by atoms with Gasteiger partial charge >= 0.3 is 6.09 Å². The normalized spacial score (nSPS) is 12.6. The molecular formula is C33H37N3O4. The summed E-state index contributed by atoms with van der Waals surface area (Å²) < 4.78 is 6.19. The molecule has 0 spiro atoms. The second-order valence-corrected chi connectivity index (χ2v) is 12.0. The van der Waals surface area contributed by atoms with Crippen LogP contribution in [0.2, 0.25) is 0 Å². The van der Waals surface area contributed by atoms with Crippen LogP contribution >= 0.6 is 0 Å². The number of carbonyl (C=O) groups excluding carboxylic acids is 1. The number of para-hydroxylation sites is 1. The number of carbonyl (C=O) groups is 2. The molecule has 0 aliphatic heterocycles. The van der Waals surface area contributed by atoms with E-state index in [4.69, 9.17) is 9.72 Å².